The third-order valence-electron chi connectivity index (χ3n) is 3.57. The molecule has 0 aliphatic heterocycles. The maximum absolute atomic E-state index is 12.0. The molecule has 1 unspecified atom stereocenters. The van der Waals surface area contributed by atoms with Gasteiger partial charge in [-0.05, 0) is 30.4 Å². The quantitative estimate of drug-likeness (QED) is 0.835. The number of fused-ring (bicyclic) bond motifs is 1. The van der Waals surface area contributed by atoms with Crippen LogP contribution >= 0.6 is 0 Å². The normalized spacial score (nSPS) is 17.4. The van der Waals surface area contributed by atoms with Crippen LogP contribution in [0.25, 0.3) is 0 Å². The minimum Gasteiger partial charge on any atom is -0.469 e. The fourth-order valence-corrected chi connectivity index (χ4v) is 2.46. The van der Waals surface area contributed by atoms with Crippen molar-refractivity contribution in [3.05, 3.63) is 35.4 Å². The molecule has 4 heteroatoms. The molecule has 0 heterocycles. The molecule has 2 rings (SSSR count). The minimum atomic E-state index is -0.297. The van der Waals surface area contributed by atoms with E-state index in [0.717, 1.165) is 19.3 Å². The van der Waals surface area contributed by atoms with Crippen LogP contribution in [0.15, 0.2) is 24.3 Å². The van der Waals surface area contributed by atoms with Gasteiger partial charge in [-0.1, -0.05) is 24.3 Å². The summed E-state index contributed by atoms with van der Waals surface area (Å²) in [4.78, 5) is 23.0. The van der Waals surface area contributed by atoms with Crippen molar-refractivity contribution in [1.82, 2.24) is 5.32 Å². The van der Waals surface area contributed by atoms with E-state index in [1.54, 1.807) is 0 Å². The molecule has 1 aromatic rings. The van der Waals surface area contributed by atoms with E-state index in [9.17, 15) is 9.59 Å². The molecule has 1 atom stereocenters. The Hall–Kier alpha value is -1.84. The molecule has 0 saturated heterocycles. The molecule has 0 radical (unpaired) electrons. The predicted molar refractivity (Wildman–Crippen MR) is 71.6 cm³/mol. The van der Waals surface area contributed by atoms with Gasteiger partial charge in [-0.15, -0.1) is 0 Å². The second-order valence-corrected chi connectivity index (χ2v) is 4.83. The number of hydrogen-bond donors (Lipinski definition) is 1. The number of aryl methyl sites for hydroxylation is 1. The second kappa shape index (κ2) is 6.36. The standard InChI is InChI=1S/C15H19NO3/c1-19-14(17)8-9-16-15(18)13-7-6-11-4-2-3-5-12(11)10-13/h2-5,13H,6-10H2,1H3,(H,16,18). The van der Waals surface area contributed by atoms with Crippen molar-refractivity contribution in [2.75, 3.05) is 13.7 Å². The topological polar surface area (TPSA) is 55.4 Å². The van der Waals surface area contributed by atoms with Gasteiger partial charge in [-0.3, -0.25) is 9.59 Å². The Kier molecular flexibility index (Phi) is 4.55. The Morgan fingerprint density at radius 1 is 1.32 bits per heavy atom. The molecule has 4 nitrogen and oxygen atoms in total. The van der Waals surface area contributed by atoms with Gasteiger partial charge in [0.1, 0.15) is 0 Å². The Morgan fingerprint density at radius 3 is 2.79 bits per heavy atom. The van der Waals surface area contributed by atoms with Crippen molar-refractivity contribution in [2.24, 2.45) is 5.92 Å². The first-order valence-electron chi connectivity index (χ1n) is 6.62. The molecule has 1 amide bonds. The number of ether oxygens (including phenoxy) is 1. The summed E-state index contributed by atoms with van der Waals surface area (Å²) in [5.41, 5.74) is 2.61. The molecule has 1 aliphatic rings. The zero-order valence-electron chi connectivity index (χ0n) is 11.1. The molecule has 0 bridgehead atoms. The molecular formula is C15H19NO3. The second-order valence-electron chi connectivity index (χ2n) is 4.83. The molecule has 0 aromatic heterocycles. The molecule has 0 saturated carbocycles. The molecule has 1 aliphatic carbocycles. The fraction of sp³-hybridized carbons (Fsp3) is 0.467. The van der Waals surface area contributed by atoms with E-state index in [-0.39, 0.29) is 24.2 Å². The van der Waals surface area contributed by atoms with E-state index in [2.05, 4.69) is 22.2 Å². The van der Waals surface area contributed by atoms with Crippen LogP contribution in [0.1, 0.15) is 24.0 Å². The Labute approximate surface area is 113 Å². The number of hydrogen-bond acceptors (Lipinski definition) is 3. The lowest BCUT2D eigenvalue weighted by Gasteiger charge is -2.23. The van der Waals surface area contributed by atoms with Crippen molar-refractivity contribution in [1.29, 1.82) is 0 Å². The van der Waals surface area contributed by atoms with Gasteiger partial charge >= 0.3 is 5.97 Å². The summed E-state index contributed by atoms with van der Waals surface area (Å²) in [6.07, 6.45) is 2.85. The molecule has 102 valence electrons. The maximum Gasteiger partial charge on any atom is 0.307 e. The number of esters is 1. The average Bonchev–Trinajstić information content (AvgIpc) is 2.46. The van der Waals surface area contributed by atoms with Gasteiger partial charge in [0.15, 0.2) is 0 Å². The van der Waals surface area contributed by atoms with E-state index in [1.165, 1.54) is 18.2 Å². The van der Waals surface area contributed by atoms with E-state index < -0.39 is 0 Å². The predicted octanol–water partition coefficient (Wildman–Crippen LogP) is 1.47. The Bertz CT molecular complexity index is 470. The highest BCUT2D eigenvalue weighted by molar-refractivity contribution is 5.80. The van der Waals surface area contributed by atoms with Crippen molar-refractivity contribution >= 4 is 11.9 Å². The van der Waals surface area contributed by atoms with Crippen LogP contribution in [0.5, 0.6) is 0 Å². The lowest BCUT2D eigenvalue weighted by atomic mass is 9.83. The number of benzene rings is 1. The number of rotatable bonds is 4. The lowest BCUT2D eigenvalue weighted by Crippen LogP contribution is -2.35. The average molecular weight is 261 g/mol. The summed E-state index contributed by atoms with van der Waals surface area (Å²) in [7, 11) is 1.35. The molecule has 1 N–H and O–H groups in total. The maximum atomic E-state index is 12.0. The summed E-state index contributed by atoms with van der Waals surface area (Å²) in [5, 5.41) is 2.81. The van der Waals surface area contributed by atoms with Gasteiger partial charge in [-0.2, -0.15) is 0 Å². The van der Waals surface area contributed by atoms with E-state index in [4.69, 9.17) is 0 Å². The largest absolute Gasteiger partial charge is 0.469 e. The summed E-state index contributed by atoms with van der Waals surface area (Å²) < 4.78 is 4.53. The van der Waals surface area contributed by atoms with Gasteiger partial charge in [0.2, 0.25) is 5.91 Å². The van der Waals surface area contributed by atoms with Crippen LogP contribution in [0, 0.1) is 5.92 Å². The zero-order valence-corrected chi connectivity index (χ0v) is 11.1. The van der Waals surface area contributed by atoms with E-state index in [0.29, 0.717) is 6.54 Å². The molecule has 0 spiro atoms. The first kappa shape index (κ1) is 13.6. The number of amides is 1. The minimum absolute atomic E-state index is 0.0209. The SMILES string of the molecule is COC(=O)CCNC(=O)C1CCc2ccccc2C1. The van der Waals surface area contributed by atoms with Crippen LogP contribution in [-0.4, -0.2) is 25.5 Å². The number of carbonyl (C=O) groups is 2. The van der Waals surface area contributed by atoms with E-state index >= 15 is 0 Å². The van der Waals surface area contributed by atoms with Crippen LogP contribution in [0.3, 0.4) is 0 Å². The van der Waals surface area contributed by atoms with Gasteiger partial charge in [-0.25, -0.2) is 0 Å². The number of nitrogens with one attached hydrogen (secondary N) is 1. The van der Waals surface area contributed by atoms with Gasteiger partial charge < -0.3 is 10.1 Å². The molecule has 19 heavy (non-hydrogen) atoms. The van der Waals surface area contributed by atoms with Gasteiger partial charge in [0.05, 0.1) is 13.5 Å². The summed E-state index contributed by atoms with van der Waals surface area (Å²) in [5.74, 6) is -0.236. The monoisotopic (exact) mass is 261 g/mol. The molecule has 1 aromatic carbocycles. The highest BCUT2D eigenvalue weighted by atomic mass is 16.5. The first-order chi connectivity index (χ1) is 9.20. The number of methoxy groups -OCH3 is 1. The van der Waals surface area contributed by atoms with Crippen molar-refractivity contribution < 1.29 is 14.3 Å². The van der Waals surface area contributed by atoms with Gasteiger partial charge in [0, 0.05) is 12.5 Å². The van der Waals surface area contributed by atoms with E-state index in [1.807, 2.05) is 12.1 Å². The third-order valence-corrected chi connectivity index (χ3v) is 3.57. The van der Waals surface area contributed by atoms with Crippen LogP contribution in [0.4, 0.5) is 0 Å². The smallest absolute Gasteiger partial charge is 0.307 e. The lowest BCUT2D eigenvalue weighted by molar-refractivity contribution is -0.140. The number of carbonyl (C=O) groups excluding carboxylic acids is 2. The van der Waals surface area contributed by atoms with Crippen molar-refractivity contribution in [2.45, 2.75) is 25.7 Å². The Balaban J connectivity index is 1.83. The first-order valence-corrected chi connectivity index (χ1v) is 6.62. The highest BCUT2D eigenvalue weighted by Gasteiger charge is 2.24. The molecular weight excluding hydrogens is 242 g/mol. The summed E-state index contributed by atoms with van der Waals surface area (Å²) in [6.45, 7) is 0.351. The fourth-order valence-electron chi connectivity index (χ4n) is 2.46. The van der Waals surface area contributed by atoms with Gasteiger partial charge in [0.25, 0.3) is 0 Å². The van der Waals surface area contributed by atoms with Crippen molar-refractivity contribution in [3.8, 4) is 0 Å². The van der Waals surface area contributed by atoms with Crippen LogP contribution in [0.2, 0.25) is 0 Å². The molecule has 0 fully saturated rings. The Morgan fingerprint density at radius 2 is 2.05 bits per heavy atom. The highest BCUT2D eigenvalue weighted by Crippen LogP contribution is 2.25. The zero-order chi connectivity index (χ0) is 13.7. The summed E-state index contributed by atoms with van der Waals surface area (Å²) in [6, 6.07) is 8.26. The summed E-state index contributed by atoms with van der Waals surface area (Å²) >= 11 is 0. The van der Waals surface area contributed by atoms with Crippen molar-refractivity contribution in [3.63, 3.8) is 0 Å². The van der Waals surface area contributed by atoms with Crippen LogP contribution in [-0.2, 0) is 27.2 Å². The third kappa shape index (κ3) is 3.56. The van der Waals surface area contributed by atoms with Crippen LogP contribution < -0.4 is 5.32 Å².